The third kappa shape index (κ3) is 4.29. The van der Waals surface area contributed by atoms with E-state index in [1.807, 2.05) is 6.07 Å². The molecular formula is C13H13ClN2O. The van der Waals surface area contributed by atoms with Crippen molar-refractivity contribution in [2.75, 3.05) is 0 Å². The Bertz CT molecular complexity index is 451. The zero-order valence-corrected chi connectivity index (χ0v) is 10.1. The fourth-order valence-electron chi connectivity index (χ4n) is 1.34. The minimum Gasteiger partial charge on any atom is -0.337 e. The van der Waals surface area contributed by atoms with Gasteiger partial charge in [-0.1, -0.05) is 29.8 Å². The third-order valence-corrected chi connectivity index (χ3v) is 2.43. The molecular weight excluding hydrogens is 236 g/mol. The van der Waals surface area contributed by atoms with Crippen LogP contribution in [0.1, 0.15) is 24.4 Å². The first-order valence-corrected chi connectivity index (χ1v) is 5.60. The summed E-state index contributed by atoms with van der Waals surface area (Å²) in [6.45, 7) is 3.54. The zero-order valence-electron chi connectivity index (χ0n) is 9.32. The smallest absolute Gasteiger partial charge is 0.221 e. The van der Waals surface area contributed by atoms with E-state index >= 15 is 0 Å². The topological polar surface area (TPSA) is 52.9 Å². The maximum atomic E-state index is 11.5. The molecule has 0 fully saturated rings. The molecule has 1 aromatic rings. The standard InChI is InChI=1S/C13H13ClN2O/c1-2-3-7-13(17)16-12(9-15)10-5-4-6-11(14)8-10/h2,4-6,8,12H,1,3,7H2,(H,16,17)/t12-/m0/s1. The van der Waals surface area contributed by atoms with Crippen LogP contribution >= 0.6 is 11.6 Å². The van der Waals surface area contributed by atoms with Gasteiger partial charge in [-0.15, -0.1) is 6.58 Å². The first-order chi connectivity index (χ1) is 8.17. The van der Waals surface area contributed by atoms with Gasteiger partial charge in [0.1, 0.15) is 6.04 Å². The lowest BCUT2D eigenvalue weighted by molar-refractivity contribution is -0.121. The van der Waals surface area contributed by atoms with Crippen molar-refractivity contribution in [2.45, 2.75) is 18.9 Å². The Morgan fingerprint density at radius 1 is 1.65 bits per heavy atom. The molecule has 4 heteroatoms. The second-order valence-corrected chi connectivity index (χ2v) is 3.95. The normalized spacial score (nSPS) is 11.3. The molecule has 0 aliphatic heterocycles. The van der Waals surface area contributed by atoms with Crippen molar-refractivity contribution < 1.29 is 4.79 Å². The van der Waals surface area contributed by atoms with Crippen molar-refractivity contribution in [2.24, 2.45) is 0 Å². The van der Waals surface area contributed by atoms with Gasteiger partial charge < -0.3 is 5.32 Å². The number of hydrogen-bond donors (Lipinski definition) is 1. The van der Waals surface area contributed by atoms with E-state index in [-0.39, 0.29) is 5.91 Å². The number of rotatable bonds is 5. The van der Waals surface area contributed by atoms with Crippen LogP contribution in [-0.4, -0.2) is 5.91 Å². The predicted octanol–water partition coefficient (Wildman–Crippen LogP) is 2.99. The molecule has 88 valence electrons. The zero-order chi connectivity index (χ0) is 12.7. The number of nitrogens with zero attached hydrogens (tertiary/aromatic N) is 1. The van der Waals surface area contributed by atoms with Crippen LogP contribution in [0.5, 0.6) is 0 Å². The van der Waals surface area contributed by atoms with Gasteiger partial charge in [-0.2, -0.15) is 5.26 Å². The van der Waals surface area contributed by atoms with Gasteiger partial charge >= 0.3 is 0 Å². The average molecular weight is 249 g/mol. The summed E-state index contributed by atoms with van der Waals surface area (Å²) in [4.78, 5) is 11.5. The molecule has 0 bridgehead atoms. The van der Waals surface area contributed by atoms with Crippen LogP contribution in [-0.2, 0) is 4.79 Å². The summed E-state index contributed by atoms with van der Waals surface area (Å²) >= 11 is 5.83. The second-order valence-electron chi connectivity index (χ2n) is 3.51. The SMILES string of the molecule is C=CCCC(=O)N[C@@H](C#N)c1cccc(Cl)c1. The lowest BCUT2D eigenvalue weighted by Gasteiger charge is -2.11. The van der Waals surface area contributed by atoms with E-state index in [9.17, 15) is 4.79 Å². The highest BCUT2D eigenvalue weighted by Gasteiger charge is 2.13. The molecule has 0 aromatic heterocycles. The fraction of sp³-hybridized carbons (Fsp3) is 0.231. The van der Waals surface area contributed by atoms with Crippen LogP contribution in [0.2, 0.25) is 5.02 Å². The highest BCUT2D eigenvalue weighted by Crippen LogP contribution is 2.17. The van der Waals surface area contributed by atoms with Gasteiger partial charge in [0, 0.05) is 11.4 Å². The number of nitrogens with one attached hydrogen (secondary N) is 1. The summed E-state index contributed by atoms with van der Waals surface area (Å²) in [7, 11) is 0. The number of hydrogen-bond acceptors (Lipinski definition) is 2. The molecule has 17 heavy (non-hydrogen) atoms. The minimum atomic E-state index is -0.661. The van der Waals surface area contributed by atoms with Gasteiger partial charge in [-0.25, -0.2) is 0 Å². The highest BCUT2D eigenvalue weighted by atomic mass is 35.5. The van der Waals surface area contributed by atoms with Gasteiger partial charge in [0.15, 0.2) is 0 Å². The first kappa shape index (κ1) is 13.3. The van der Waals surface area contributed by atoms with Crippen molar-refractivity contribution in [3.05, 3.63) is 47.5 Å². The molecule has 1 atom stereocenters. The fourth-order valence-corrected chi connectivity index (χ4v) is 1.54. The number of carbonyl (C=O) groups excluding carboxylic acids is 1. The maximum Gasteiger partial charge on any atom is 0.221 e. The summed E-state index contributed by atoms with van der Waals surface area (Å²) in [5.41, 5.74) is 0.687. The summed E-state index contributed by atoms with van der Waals surface area (Å²) in [5, 5.41) is 12.2. The average Bonchev–Trinajstić information content (AvgIpc) is 2.33. The molecule has 0 saturated heterocycles. The van der Waals surface area contributed by atoms with Crippen molar-refractivity contribution in [1.29, 1.82) is 5.26 Å². The molecule has 0 radical (unpaired) electrons. The van der Waals surface area contributed by atoms with E-state index in [1.165, 1.54) is 0 Å². The molecule has 0 saturated carbocycles. The predicted molar refractivity (Wildman–Crippen MR) is 67.4 cm³/mol. The van der Waals surface area contributed by atoms with Crippen LogP contribution in [0, 0.1) is 11.3 Å². The Hall–Kier alpha value is -1.79. The molecule has 1 amide bonds. The minimum absolute atomic E-state index is 0.170. The van der Waals surface area contributed by atoms with E-state index < -0.39 is 6.04 Å². The Balaban J connectivity index is 2.70. The molecule has 0 aliphatic carbocycles. The molecule has 1 rings (SSSR count). The van der Waals surface area contributed by atoms with Gasteiger partial charge in [-0.3, -0.25) is 4.79 Å². The van der Waals surface area contributed by atoms with Gasteiger partial charge in [-0.05, 0) is 24.1 Å². The number of allylic oxidation sites excluding steroid dienone is 1. The van der Waals surface area contributed by atoms with Crippen LogP contribution in [0.25, 0.3) is 0 Å². The summed E-state index contributed by atoms with van der Waals surface area (Å²) in [6, 6.07) is 8.27. The highest BCUT2D eigenvalue weighted by molar-refractivity contribution is 6.30. The lowest BCUT2D eigenvalue weighted by Crippen LogP contribution is -2.27. The molecule has 1 aromatic carbocycles. The van der Waals surface area contributed by atoms with E-state index in [0.717, 1.165) is 0 Å². The Morgan fingerprint density at radius 3 is 3.00 bits per heavy atom. The van der Waals surface area contributed by atoms with Crippen molar-refractivity contribution in [3.8, 4) is 6.07 Å². The van der Waals surface area contributed by atoms with E-state index in [1.54, 1.807) is 30.3 Å². The summed E-state index contributed by atoms with van der Waals surface area (Å²) in [6.07, 6.45) is 2.60. The number of nitriles is 1. The van der Waals surface area contributed by atoms with Gasteiger partial charge in [0.25, 0.3) is 0 Å². The molecule has 0 spiro atoms. The Kier molecular flexibility index (Phi) is 5.25. The van der Waals surface area contributed by atoms with Gasteiger partial charge in [0.05, 0.1) is 6.07 Å². The Morgan fingerprint density at radius 2 is 2.41 bits per heavy atom. The number of carbonyl (C=O) groups is 1. The van der Waals surface area contributed by atoms with Crippen molar-refractivity contribution in [1.82, 2.24) is 5.32 Å². The molecule has 0 heterocycles. The van der Waals surface area contributed by atoms with E-state index in [2.05, 4.69) is 11.9 Å². The molecule has 0 unspecified atom stereocenters. The second kappa shape index (κ2) is 6.72. The molecule has 0 aliphatic rings. The third-order valence-electron chi connectivity index (χ3n) is 2.19. The molecule has 3 nitrogen and oxygen atoms in total. The van der Waals surface area contributed by atoms with Crippen LogP contribution in [0.4, 0.5) is 0 Å². The molecule has 1 N–H and O–H groups in total. The summed E-state index contributed by atoms with van der Waals surface area (Å²) in [5.74, 6) is -0.170. The summed E-state index contributed by atoms with van der Waals surface area (Å²) < 4.78 is 0. The van der Waals surface area contributed by atoms with E-state index in [0.29, 0.717) is 23.4 Å². The van der Waals surface area contributed by atoms with Crippen LogP contribution in [0.15, 0.2) is 36.9 Å². The monoisotopic (exact) mass is 248 g/mol. The largest absolute Gasteiger partial charge is 0.337 e. The number of halogens is 1. The lowest BCUT2D eigenvalue weighted by atomic mass is 10.1. The van der Waals surface area contributed by atoms with Gasteiger partial charge in [0.2, 0.25) is 5.91 Å². The maximum absolute atomic E-state index is 11.5. The first-order valence-electron chi connectivity index (χ1n) is 5.22. The van der Waals surface area contributed by atoms with Crippen molar-refractivity contribution >= 4 is 17.5 Å². The van der Waals surface area contributed by atoms with Crippen molar-refractivity contribution in [3.63, 3.8) is 0 Å². The quantitative estimate of drug-likeness (QED) is 0.815. The number of amides is 1. The van der Waals surface area contributed by atoms with Crippen LogP contribution < -0.4 is 5.32 Å². The van der Waals surface area contributed by atoms with Crippen LogP contribution in [0.3, 0.4) is 0 Å². The Labute approximate surface area is 106 Å². The van der Waals surface area contributed by atoms with E-state index in [4.69, 9.17) is 16.9 Å². The number of benzene rings is 1.